The van der Waals surface area contributed by atoms with Crippen LogP contribution in [-0.4, -0.2) is 53.5 Å². The number of fused-ring (bicyclic) bond motifs is 2. The van der Waals surface area contributed by atoms with Crippen molar-refractivity contribution in [2.45, 2.75) is 62.7 Å². The molecule has 0 saturated heterocycles. The monoisotopic (exact) mass is 450 g/mol. The molecule has 1 aliphatic carbocycles. The lowest BCUT2D eigenvalue weighted by atomic mass is 10.1. The number of amides is 1. The van der Waals surface area contributed by atoms with Gasteiger partial charge in [-0.15, -0.1) is 0 Å². The van der Waals surface area contributed by atoms with Crippen molar-refractivity contribution < 1.29 is 19.7 Å². The Labute approximate surface area is 191 Å². The van der Waals surface area contributed by atoms with Crippen LogP contribution in [0, 0.1) is 5.92 Å². The second kappa shape index (κ2) is 16.0. The highest BCUT2D eigenvalue weighted by Crippen LogP contribution is 2.27. The molecule has 3 rings (SSSR count). The molecule has 174 valence electrons. The van der Waals surface area contributed by atoms with Crippen LogP contribution in [0.15, 0.2) is 41.3 Å². The van der Waals surface area contributed by atoms with E-state index in [9.17, 15) is 4.79 Å². The number of carboxylic acid groups (broad SMARTS) is 1. The third-order valence-electron chi connectivity index (χ3n) is 5.45. The molecule has 1 aliphatic heterocycles. The maximum atomic E-state index is 10.5. The Kier molecular flexibility index (Phi) is 13.2. The highest BCUT2D eigenvalue weighted by atomic mass is 32.2. The van der Waals surface area contributed by atoms with E-state index in [1.54, 1.807) is 11.9 Å². The Morgan fingerprint density at radius 3 is 2.81 bits per heavy atom. The number of hydrogen-bond acceptors (Lipinski definition) is 5. The van der Waals surface area contributed by atoms with Gasteiger partial charge in [0.2, 0.25) is 0 Å². The van der Waals surface area contributed by atoms with Gasteiger partial charge in [0.25, 0.3) is 0 Å². The Bertz CT molecular complexity index is 650. The molecule has 2 aliphatic rings. The van der Waals surface area contributed by atoms with Crippen LogP contribution in [0.2, 0.25) is 0 Å². The first-order valence-corrected chi connectivity index (χ1v) is 12.3. The van der Waals surface area contributed by atoms with Gasteiger partial charge < -0.3 is 20.3 Å². The molecule has 1 aromatic carbocycles. The fraction of sp³-hybridized carbons (Fsp3) is 0.625. The van der Waals surface area contributed by atoms with Crippen LogP contribution in [-0.2, 0) is 0 Å². The number of nitrogens with zero attached hydrogens (tertiary/aromatic N) is 1. The van der Waals surface area contributed by atoms with E-state index in [0.717, 1.165) is 61.8 Å². The normalized spacial score (nSPS) is 19.0. The summed E-state index contributed by atoms with van der Waals surface area (Å²) >= 11 is 1.72. The van der Waals surface area contributed by atoms with E-state index in [4.69, 9.17) is 14.9 Å². The third kappa shape index (κ3) is 12.1. The van der Waals surface area contributed by atoms with E-state index in [1.807, 2.05) is 12.1 Å². The highest BCUT2D eigenvalue weighted by molar-refractivity contribution is 7.97. The van der Waals surface area contributed by atoms with Crippen molar-refractivity contribution in [1.82, 2.24) is 9.62 Å². The summed E-state index contributed by atoms with van der Waals surface area (Å²) in [5.74, 6) is 1.74. The van der Waals surface area contributed by atoms with Gasteiger partial charge in [0.15, 0.2) is 0 Å². The minimum absolute atomic E-state index is 0.394. The standard InChI is InChI=1S/C17H24N2O3S.C7H14O/c20-17(21)18-10-7-12-19-11-4-2-1-3-5-13-22-15-8-6-9-16(14-15)23-19;8-6-5-7-3-1-2-4-7/h3,5-6,8-9,14,18H,1-2,4,7,10-13H2,(H,20,21);7-8H,1-6H2/b5-3-;. The number of aliphatic hydroxyl groups is 1. The lowest BCUT2D eigenvalue weighted by molar-refractivity contribution is 0.194. The van der Waals surface area contributed by atoms with Crippen molar-refractivity contribution >= 4 is 18.0 Å². The van der Waals surface area contributed by atoms with E-state index in [2.05, 4.69) is 33.9 Å². The number of hydrogen-bond donors (Lipinski definition) is 3. The number of benzene rings is 1. The molecule has 0 aromatic heterocycles. The summed E-state index contributed by atoms with van der Waals surface area (Å²) < 4.78 is 8.04. The van der Waals surface area contributed by atoms with Crippen molar-refractivity contribution in [1.29, 1.82) is 0 Å². The van der Waals surface area contributed by atoms with E-state index >= 15 is 0 Å². The Morgan fingerprint density at radius 2 is 2.03 bits per heavy atom. The van der Waals surface area contributed by atoms with Crippen molar-refractivity contribution in [3.05, 3.63) is 36.4 Å². The molecule has 0 unspecified atom stereocenters. The highest BCUT2D eigenvalue weighted by Gasteiger charge is 2.13. The van der Waals surface area contributed by atoms with Gasteiger partial charge >= 0.3 is 6.09 Å². The first-order valence-electron chi connectivity index (χ1n) is 11.6. The van der Waals surface area contributed by atoms with E-state index in [1.165, 1.54) is 25.7 Å². The second-order valence-electron chi connectivity index (χ2n) is 8.02. The first kappa shape index (κ1) is 25.6. The first-order chi connectivity index (χ1) is 15.2. The van der Waals surface area contributed by atoms with E-state index in [0.29, 0.717) is 19.8 Å². The molecular weight excluding hydrogens is 412 g/mol. The maximum Gasteiger partial charge on any atom is 0.404 e. The molecule has 1 aromatic rings. The lowest BCUT2D eigenvalue weighted by Crippen LogP contribution is -2.26. The zero-order valence-corrected chi connectivity index (χ0v) is 19.3. The number of allylic oxidation sites excluding steroid dienone is 1. The van der Waals surface area contributed by atoms with Crippen molar-refractivity contribution in [3.63, 3.8) is 0 Å². The molecular formula is C24H38N2O4S. The molecule has 1 saturated carbocycles. The summed E-state index contributed by atoms with van der Waals surface area (Å²) in [4.78, 5) is 11.7. The quantitative estimate of drug-likeness (QED) is 0.309. The van der Waals surface area contributed by atoms with Crippen LogP contribution in [0.4, 0.5) is 4.79 Å². The van der Waals surface area contributed by atoms with Gasteiger partial charge in [-0.05, 0) is 68.2 Å². The smallest absolute Gasteiger partial charge is 0.404 e. The van der Waals surface area contributed by atoms with Crippen LogP contribution >= 0.6 is 11.9 Å². The van der Waals surface area contributed by atoms with Crippen LogP contribution in [0.3, 0.4) is 0 Å². The fourth-order valence-corrected chi connectivity index (χ4v) is 4.83. The topological polar surface area (TPSA) is 82.0 Å². The van der Waals surface area contributed by atoms with Crippen molar-refractivity contribution in [3.8, 4) is 5.75 Å². The van der Waals surface area contributed by atoms with Gasteiger partial charge in [0, 0.05) is 31.1 Å². The molecule has 6 nitrogen and oxygen atoms in total. The van der Waals surface area contributed by atoms with Gasteiger partial charge in [0.05, 0.1) is 0 Å². The molecule has 7 heteroatoms. The zero-order valence-electron chi connectivity index (χ0n) is 18.5. The average Bonchev–Trinajstić information content (AvgIpc) is 3.27. The van der Waals surface area contributed by atoms with Gasteiger partial charge in [-0.3, -0.25) is 0 Å². The van der Waals surface area contributed by atoms with E-state index in [-0.39, 0.29) is 0 Å². The van der Waals surface area contributed by atoms with Gasteiger partial charge in [-0.25, -0.2) is 9.10 Å². The number of rotatable bonds is 6. The predicted octanol–water partition coefficient (Wildman–Crippen LogP) is 5.33. The number of nitrogens with one attached hydrogen (secondary N) is 1. The second-order valence-corrected chi connectivity index (χ2v) is 9.19. The summed E-state index contributed by atoms with van der Waals surface area (Å²) in [6.45, 7) is 3.34. The molecule has 1 heterocycles. The molecule has 3 N–H and O–H groups in total. The van der Waals surface area contributed by atoms with Crippen LogP contribution < -0.4 is 10.1 Å². The number of carbonyl (C=O) groups is 1. The molecule has 0 spiro atoms. The van der Waals surface area contributed by atoms with Gasteiger partial charge in [-0.1, -0.05) is 43.9 Å². The van der Waals surface area contributed by atoms with Gasteiger partial charge in [-0.2, -0.15) is 0 Å². The Morgan fingerprint density at radius 1 is 1.19 bits per heavy atom. The molecule has 0 atom stereocenters. The summed E-state index contributed by atoms with van der Waals surface area (Å²) in [5.41, 5.74) is 0. The number of aliphatic hydroxyl groups excluding tert-OH is 1. The van der Waals surface area contributed by atoms with Crippen molar-refractivity contribution in [2.24, 2.45) is 5.92 Å². The molecule has 0 radical (unpaired) electrons. The van der Waals surface area contributed by atoms with Crippen molar-refractivity contribution in [2.75, 3.05) is 32.8 Å². The minimum Gasteiger partial charge on any atom is -0.490 e. The minimum atomic E-state index is -0.959. The largest absolute Gasteiger partial charge is 0.490 e. The zero-order chi connectivity index (χ0) is 22.2. The molecule has 2 bridgehead atoms. The predicted molar refractivity (Wildman–Crippen MR) is 127 cm³/mol. The van der Waals surface area contributed by atoms with Crippen LogP contribution in [0.5, 0.6) is 5.75 Å². The van der Waals surface area contributed by atoms with Crippen LogP contribution in [0.25, 0.3) is 0 Å². The van der Waals surface area contributed by atoms with Crippen LogP contribution in [0.1, 0.15) is 57.8 Å². The Balaban J connectivity index is 0.000000357. The summed E-state index contributed by atoms with van der Waals surface area (Å²) in [5, 5.41) is 19.6. The maximum absolute atomic E-state index is 10.5. The summed E-state index contributed by atoms with van der Waals surface area (Å²) in [6.07, 6.45) is 14.0. The Hall–Kier alpha value is -1.70. The SMILES string of the molecule is O=C(O)NCCCN1CCCC/C=C\COc2cccc(c2)S1.OCCC1CCCC1. The fourth-order valence-electron chi connectivity index (χ4n) is 3.79. The summed E-state index contributed by atoms with van der Waals surface area (Å²) in [6, 6.07) is 8.11. The third-order valence-corrected chi connectivity index (χ3v) is 6.54. The average molecular weight is 451 g/mol. The summed E-state index contributed by atoms with van der Waals surface area (Å²) in [7, 11) is 0. The number of ether oxygens (including phenoxy) is 1. The molecule has 31 heavy (non-hydrogen) atoms. The van der Waals surface area contributed by atoms with E-state index < -0.39 is 6.09 Å². The lowest BCUT2D eigenvalue weighted by Gasteiger charge is -2.21. The molecule has 1 fully saturated rings. The molecule has 1 amide bonds. The van der Waals surface area contributed by atoms with Gasteiger partial charge in [0.1, 0.15) is 12.4 Å².